The van der Waals surface area contributed by atoms with E-state index in [1.165, 1.54) is 0 Å². The predicted molar refractivity (Wildman–Crippen MR) is 78.9 cm³/mol. The lowest BCUT2D eigenvalue weighted by molar-refractivity contribution is -0.118. The Kier molecular flexibility index (Phi) is 3.71. The Morgan fingerprint density at radius 3 is 2.65 bits per heavy atom. The summed E-state index contributed by atoms with van der Waals surface area (Å²) >= 11 is 0. The number of aromatic nitrogens is 2. The fourth-order valence-corrected chi connectivity index (χ4v) is 2.04. The standard InChI is InChI=1S/C13H18N6O/c1-13(2,7-10(14)20)18-11-8-5-3-4-6-9(8)16-12(17-11)19-15/h3-6H,7,15H2,1-2H3,(H2,14,20)(H2,16,17,18,19). The van der Waals surface area contributed by atoms with Crippen LogP contribution >= 0.6 is 0 Å². The van der Waals surface area contributed by atoms with E-state index in [2.05, 4.69) is 20.7 Å². The zero-order valence-electron chi connectivity index (χ0n) is 11.5. The average Bonchev–Trinajstić information content (AvgIpc) is 2.36. The van der Waals surface area contributed by atoms with E-state index in [0.717, 1.165) is 10.9 Å². The molecular formula is C13H18N6O. The van der Waals surface area contributed by atoms with Crippen molar-refractivity contribution in [2.75, 3.05) is 10.7 Å². The number of nitrogen functional groups attached to an aromatic ring is 1. The number of carbonyl (C=O) groups is 1. The number of hydrazine groups is 1. The Hall–Kier alpha value is -2.41. The highest BCUT2D eigenvalue weighted by Gasteiger charge is 2.22. The first-order chi connectivity index (χ1) is 9.41. The smallest absolute Gasteiger partial charge is 0.239 e. The van der Waals surface area contributed by atoms with Crippen molar-refractivity contribution in [1.29, 1.82) is 0 Å². The second-order valence-electron chi connectivity index (χ2n) is 5.21. The lowest BCUT2D eigenvalue weighted by Gasteiger charge is -2.26. The van der Waals surface area contributed by atoms with Crippen molar-refractivity contribution in [3.8, 4) is 0 Å². The topological polar surface area (TPSA) is 119 Å². The first kappa shape index (κ1) is 14.0. The van der Waals surface area contributed by atoms with E-state index in [1.54, 1.807) is 0 Å². The number of rotatable bonds is 5. The van der Waals surface area contributed by atoms with Crippen LogP contribution in [0.2, 0.25) is 0 Å². The van der Waals surface area contributed by atoms with E-state index in [-0.39, 0.29) is 12.3 Å². The molecule has 1 heterocycles. The summed E-state index contributed by atoms with van der Waals surface area (Å²) in [6.07, 6.45) is 0.191. The van der Waals surface area contributed by atoms with Gasteiger partial charge in [0, 0.05) is 17.3 Å². The summed E-state index contributed by atoms with van der Waals surface area (Å²) in [6.45, 7) is 3.76. The molecule has 0 bridgehead atoms. The van der Waals surface area contributed by atoms with Gasteiger partial charge in [0.2, 0.25) is 11.9 Å². The lowest BCUT2D eigenvalue weighted by atomic mass is 10.00. The summed E-state index contributed by atoms with van der Waals surface area (Å²) in [7, 11) is 0. The van der Waals surface area contributed by atoms with Gasteiger partial charge in [0.25, 0.3) is 0 Å². The van der Waals surface area contributed by atoms with E-state index in [1.807, 2.05) is 38.1 Å². The summed E-state index contributed by atoms with van der Waals surface area (Å²) < 4.78 is 0. The molecule has 2 rings (SSSR count). The second-order valence-corrected chi connectivity index (χ2v) is 5.21. The molecule has 0 fully saturated rings. The van der Waals surface area contributed by atoms with Crippen LogP contribution < -0.4 is 22.3 Å². The molecule has 0 unspecified atom stereocenters. The molecule has 0 atom stereocenters. The van der Waals surface area contributed by atoms with Crippen LogP contribution in [0.15, 0.2) is 24.3 Å². The molecule has 1 aromatic carbocycles. The van der Waals surface area contributed by atoms with Crippen LogP contribution in [0.25, 0.3) is 10.9 Å². The summed E-state index contributed by atoms with van der Waals surface area (Å²) in [5.41, 5.74) is 7.93. The Balaban J connectivity index is 2.44. The number of hydrogen-bond donors (Lipinski definition) is 4. The van der Waals surface area contributed by atoms with Gasteiger partial charge in [-0.25, -0.2) is 10.8 Å². The zero-order chi connectivity index (χ0) is 14.8. The van der Waals surface area contributed by atoms with Crippen LogP contribution in [0.4, 0.5) is 11.8 Å². The van der Waals surface area contributed by atoms with Gasteiger partial charge in [0.15, 0.2) is 0 Å². The van der Waals surface area contributed by atoms with Gasteiger partial charge < -0.3 is 11.1 Å². The number of hydrogen-bond acceptors (Lipinski definition) is 6. The highest BCUT2D eigenvalue weighted by Crippen LogP contribution is 2.25. The number of carbonyl (C=O) groups excluding carboxylic acids is 1. The molecule has 1 amide bonds. The number of para-hydroxylation sites is 1. The fraction of sp³-hybridized carbons (Fsp3) is 0.308. The molecule has 7 heteroatoms. The van der Waals surface area contributed by atoms with Crippen molar-refractivity contribution < 1.29 is 4.79 Å². The van der Waals surface area contributed by atoms with Crippen LogP contribution in [0.1, 0.15) is 20.3 Å². The molecule has 0 radical (unpaired) electrons. The summed E-state index contributed by atoms with van der Waals surface area (Å²) in [4.78, 5) is 19.7. The van der Waals surface area contributed by atoms with Crippen LogP contribution in [0.5, 0.6) is 0 Å². The number of fused-ring (bicyclic) bond motifs is 1. The van der Waals surface area contributed by atoms with Crippen molar-refractivity contribution in [1.82, 2.24) is 9.97 Å². The van der Waals surface area contributed by atoms with Crippen LogP contribution in [-0.2, 0) is 4.79 Å². The second kappa shape index (κ2) is 5.30. The molecule has 106 valence electrons. The fourth-order valence-electron chi connectivity index (χ4n) is 2.04. The molecular weight excluding hydrogens is 256 g/mol. The molecule has 0 spiro atoms. The highest BCUT2D eigenvalue weighted by atomic mass is 16.1. The van der Waals surface area contributed by atoms with Gasteiger partial charge in [-0.15, -0.1) is 0 Å². The molecule has 2 aromatic rings. The van der Waals surface area contributed by atoms with Crippen molar-refractivity contribution in [2.45, 2.75) is 25.8 Å². The minimum Gasteiger partial charge on any atom is -0.370 e. The van der Waals surface area contributed by atoms with Gasteiger partial charge in [-0.3, -0.25) is 10.2 Å². The van der Waals surface area contributed by atoms with Crippen molar-refractivity contribution >= 4 is 28.6 Å². The maximum atomic E-state index is 11.1. The average molecular weight is 274 g/mol. The third-order valence-corrected chi connectivity index (χ3v) is 2.81. The van der Waals surface area contributed by atoms with Gasteiger partial charge in [-0.2, -0.15) is 4.98 Å². The van der Waals surface area contributed by atoms with Gasteiger partial charge in [-0.1, -0.05) is 12.1 Å². The van der Waals surface area contributed by atoms with Gasteiger partial charge in [0.1, 0.15) is 5.82 Å². The Labute approximate surface area is 116 Å². The Morgan fingerprint density at radius 2 is 2.00 bits per heavy atom. The SMILES string of the molecule is CC(C)(CC(N)=O)Nc1nc(NN)nc2ccccc12. The van der Waals surface area contributed by atoms with Crippen LogP contribution in [-0.4, -0.2) is 21.4 Å². The van der Waals surface area contributed by atoms with Crippen molar-refractivity contribution in [3.63, 3.8) is 0 Å². The number of primary amides is 1. The van der Waals surface area contributed by atoms with E-state index >= 15 is 0 Å². The molecule has 0 aliphatic rings. The number of nitrogens with two attached hydrogens (primary N) is 2. The Bertz CT molecular complexity index is 640. The molecule has 1 aromatic heterocycles. The quantitative estimate of drug-likeness (QED) is 0.476. The van der Waals surface area contributed by atoms with Crippen LogP contribution in [0.3, 0.4) is 0 Å². The normalized spacial score (nSPS) is 11.3. The van der Waals surface area contributed by atoms with Gasteiger partial charge >= 0.3 is 0 Å². The van der Waals surface area contributed by atoms with Crippen molar-refractivity contribution in [3.05, 3.63) is 24.3 Å². The molecule has 20 heavy (non-hydrogen) atoms. The largest absolute Gasteiger partial charge is 0.370 e. The third kappa shape index (κ3) is 3.12. The van der Waals surface area contributed by atoms with E-state index in [4.69, 9.17) is 11.6 Å². The summed E-state index contributed by atoms with van der Waals surface area (Å²) in [5, 5.41) is 4.07. The molecule has 6 N–H and O–H groups in total. The monoisotopic (exact) mass is 274 g/mol. The number of nitrogens with zero attached hydrogens (tertiary/aromatic N) is 2. The third-order valence-electron chi connectivity index (χ3n) is 2.81. The minimum atomic E-state index is -0.519. The molecule has 0 saturated carbocycles. The molecule has 0 saturated heterocycles. The first-order valence-corrected chi connectivity index (χ1v) is 6.21. The first-order valence-electron chi connectivity index (χ1n) is 6.21. The lowest BCUT2D eigenvalue weighted by Crippen LogP contribution is -2.36. The number of benzene rings is 1. The zero-order valence-corrected chi connectivity index (χ0v) is 11.5. The van der Waals surface area contributed by atoms with E-state index < -0.39 is 5.54 Å². The molecule has 7 nitrogen and oxygen atoms in total. The predicted octanol–water partition coefficient (Wildman–Crippen LogP) is 0.981. The van der Waals surface area contributed by atoms with Gasteiger partial charge in [-0.05, 0) is 26.0 Å². The highest BCUT2D eigenvalue weighted by molar-refractivity contribution is 5.90. The number of amides is 1. The molecule has 0 aliphatic heterocycles. The van der Waals surface area contributed by atoms with Gasteiger partial charge in [0.05, 0.1) is 5.52 Å². The molecule has 0 aliphatic carbocycles. The minimum absolute atomic E-state index is 0.191. The van der Waals surface area contributed by atoms with E-state index in [0.29, 0.717) is 11.8 Å². The summed E-state index contributed by atoms with van der Waals surface area (Å²) in [5.74, 6) is 5.91. The maximum Gasteiger partial charge on any atom is 0.239 e. The number of anilines is 2. The maximum absolute atomic E-state index is 11.1. The Morgan fingerprint density at radius 1 is 1.30 bits per heavy atom. The van der Waals surface area contributed by atoms with Crippen molar-refractivity contribution in [2.24, 2.45) is 11.6 Å². The van der Waals surface area contributed by atoms with E-state index in [9.17, 15) is 4.79 Å². The van der Waals surface area contributed by atoms with Crippen LogP contribution in [0, 0.1) is 0 Å². The number of nitrogens with one attached hydrogen (secondary N) is 2. The summed E-state index contributed by atoms with van der Waals surface area (Å²) in [6, 6.07) is 7.55.